The summed E-state index contributed by atoms with van der Waals surface area (Å²) in [6.07, 6.45) is 7.40. The molecule has 1 rings (SSSR count). The van der Waals surface area contributed by atoms with Gasteiger partial charge in [-0.05, 0) is 22.0 Å². The fourth-order valence-electron chi connectivity index (χ4n) is 0.862. The van der Waals surface area contributed by atoms with Crippen molar-refractivity contribution < 1.29 is 0 Å². The number of hydrogen-bond donors (Lipinski definition) is 0. The number of terminal acetylenes is 1. The Labute approximate surface area is 79.3 Å². The molecule has 0 spiro atoms. The van der Waals surface area contributed by atoms with Gasteiger partial charge in [0.05, 0.1) is 0 Å². The summed E-state index contributed by atoms with van der Waals surface area (Å²) >= 11 is 3.28. The summed E-state index contributed by atoms with van der Waals surface area (Å²) in [6, 6.07) is 3.23. The lowest BCUT2D eigenvalue weighted by Crippen LogP contribution is -2.17. The van der Waals surface area contributed by atoms with Crippen LogP contribution in [0, 0.1) is 12.3 Å². The molecule has 1 heterocycles. The second kappa shape index (κ2) is 4.13. The maximum atomic E-state index is 11.2. The van der Waals surface area contributed by atoms with E-state index in [-0.39, 0.29) is 5.56 Å². The van der Waals surface area contributed by atoms with Crippen LogP contribution >= 0.6 is 15.9 Å². The highest BCUT2D eigenvalue weighted by atomic mass is 79.9. The summed E-state index contributed by atoms with van der Waals surface area (Å²) in [4.78, 5) is 11.2. The van der Waals surface area contributed by atoms with Crippen LogP contribution < -0.4 is 5.56 Å². The summed E-state index contributed by atoms with van der Waals surface area (Å²) in [5.74, 6) is 2.49. The first kappa shape index (κ1) is 9.08. The second-order valence-corrected chi connectivity index (χ2v) is 3.25. The molecule has 0 saturated heterocycles. The third-order valence-corrected chi connectivity index (χ3v) is 1.91. The van der Waals surface area contributed by atoms with Gasteiger partial charge in [-0.1, -0.05) is 0 Å². The van der Waals surface area contributed by atoms with Gasteiger partial charge in [-0.25, -0.2) is 0 Å². The van der Waals surface area contributed by atoms with Gasteiger partial charge in [0, 0.05) is 29.7 Å². The van der Waals surface area contributed by atoms with Gasteiger partial charge >= 0.3 is 0 Å². The van der Waals surface area contributed by atoms with Crippen molar-refractivity contribution in [3.63, 3.8) is 0 Å². The average Bonchev–Trinajstić information content (AvgIpc) is 2.07. The van der Waals surface area contributed by atoms with Crippen molar-refractivity contribution in [1.29, 1.82) is 0 Å². The van der Waals surface area contributed by atoms with Gasteiger partial charge in [0.25, 0.3) is 5.56 Å². The Balaban J connectivity index is 2.92. The lowest BCUT2D eigenvalue weighted by atomic mass is 10.4. The molecule has 1 aromatic heterocycles. The Morgan fingerprint density at radius 3 is 3.00 bits per heavy atom. The standard InChI is InChI=1S/C9H8BrNO/c1-2-3-6-11-7-8(10)4-5-9(11)12/h1,4-5,7H,3,6H2. The molecule has 62 valence electrons. The van der Waals surface area contributed by atoms with Crippen molar-refractivity contribution in [2.45, 2.75) is 13.0 Å². The molecule has 3 heteroatoms. The van der Waals surface area contributed by atoms with Crippen LogP contribution in [0.2, 0.25) is 0 Å². The van der Waals surface area contributed by atoms with Crippen LogP contribution in [0.1, 0.15) is 6.42 Å². The predicted molar refractivity (Wildman–Crippen MR) is 51.9 cm³/mol. The number of rotatable bonds is 2. The summed E-state index contributed by atoms with van der Waals surface area (Å²) < 4.78 is 2.48. The molecule has 0 radical (unpaired) electrons. The molecule has 0 fully saturated rings. The highest BCUT2D eigenvalue weighted by Gasteiger charge is 1.94. The minimum absolute atomic E-state index is 0.0200. The van der Waals surface area contributed by atoms with E-state index in [1.54, 1.807) is 16.8 Å². The zero-order chi connectivity index (χ0) is 8.97. The van der Waals surface area contributed by atoms with Crippen molar-refractivity contribution in [3.8, 4) is 12.3 Å². The van der Waals surface area contributed by atoms with Crippen LogP contribution in [-0.4, -0.2) is 4.57 Å². The summed E-state index contributed by atoms with van der Waals surface area (Å²) in [5.41, 5.74) is -0.0200. The Morgan fingerprint density at radius 1 is 1.58 bits per heavy atom. The average molecular weight is 226 g/mol. The molecular formula is C9H8BrNO. The van der Waals surface area contributed by atoms with E-state index in [1.807, 2.05) is 0 Å². The van der Waals surface area contributed by atoms with E-state index >= 15 is 0 Å². The smallest absolute Gasteiger partial charge is 0.250 e. The summed E-state index contributed by atoms with van der Waals surface area (Å²) in [6.45, 7) is 0.578. The quantitative estimate of drug-likeness (QED) is 0.702. The van der Waals surface area contributed by atoms with E-state index in [0.717, 1.165) is 4.47 Å². The molecule has 1 aromatic rings. The molecule has 0 unspecified atom stereocenters. The molecule has 0 aliphatic heterocycles. The van der Waals surface area contributed by atoms with E-state index in [9.17, 15) is 4.79 Å². The van der Waals surface area contributed by atoms with E-state index in [0.29, 0.717) is 13.0 Å². The molecule has 0 aliphatic rings. The van der Waals surface area contributed by atoms with Gasteiger partial charge in [-0.15, -0.1) is 12.3 Å². The first-order valence-corrected chi connectivity index (χ1v) is 4.33. The maximum absolute atomic E-state index is 11.2. The highest BCUT2D eigenvalue weighted by molar-refractivity contribution is 9.10. The molecule has 0 N–H and O–H groups in total. The fourth-order valence-corrected chi connectivity index (χ4v) is 1.24. The molecule has 0 aromatic carbocycles. The number of hydrogen-bond acceptors (Lipinski definition) is 1. The molecule has 0 aliphatic carbocycles. The van der Waals surface area contributed by atoms with Crippen LogP contribution in [0.4, 0.5) is 0 Å². The van der Waals surface area contributed by atoms with Crippen LogP contribution in [0.3, 0.4) is 0 Å². The van der Waals surface area contributed by atoms with Crippen molar-refractivity contribution in [2.24, 2.45) is 0 Å². The van der Waals surface area contributed by atoms with Crippen LogP contribution in [0.15, 0.2) is 27.6 Å². The molecule has 0 amide bonds. The molecule has 0 saturated carbocycles. The van der Waals surface area contributed by atoms with Crippen molar-refractivity contribution in [2.75, 3.05) is 0 Å². The zero-order valence-electron chi connectivity index (χ0n) is 6.46. The Kier molecular flexibility index (Phi) is 3.12. The maximum Gasteiger partial charge on any atom is 0.250 e. The van der Waals surface area contributed by atoms with Gasteiger partial charge in [-0.3, -0.25) is 4.79 Å². The number of halogens is 1. The third kappa shape index (κ3) is 2.24. The van der Waals surface area contributed by atoms with Gasteiger partial charge in [0.15, 0.2) is 0 Å². The Hall–Kier alpha value is -1.01. The predicted octanol–water partition coefficient (Wildman–Crippen LogP) is 1.63. The van der Waals surface area contributed by atoms with E-state index in [4.69, 9.17) is 6.42 Å². The number of aromatic nitrogens is 1. The molecule has 0 bridgehead atoms. The minimum atomic E-state index is -0.0200. The van der Waals surface area contributed by atoms with Crippen molar-refractivity contribution >= 4 is 15.9 Å². The normalized spacial score (nSPS) is 9.33. The zero-order valence-corrected chi connectivity index (χ0v) is 8.04. The molecule has 0 atom stereocenters. The largest absolute Gasteiger partial charge is 0.313 e. The molecule has 12 heavy (non-hydrogen) atoms. The molecule has 2 nitrogen and oxygen atoms in total. The second-order valence-electron chi connectivity index (χ2n) is 2.33. The SMILES string of the molecule is C#CCCn1cc(Br)ccc1=O. The van der Waals surface area contributed by atoms with Crippen molar-refractivity contribution in [1.82, 2.24) is 4.57 Å². The Bertz CT molecular complexity index is 362. The van der Waals surface area contributed by atoms with E-state index < -0.39 is 0 Å². The van der Waals surface area contributed by atoms with Gasteiger partial charge in [0.1, 0.15) is 0 Å². The lowest BCUT2D eigenvalue weighted by Gasteiger charge is -2.01. The van der Waals surface area contributed by atoms with Crippen LogP contribution in [0.25, 0.3) is 0 Å². The first-order valence-electron chi connectivity index (χ1n) is 3.53. The fraction of sp³-hybridized carbons (Fsp3) is 0.222. The van der Waals surface area contributed by atoms with Gasteiger partial charge < -0.3 is 4.57 Å². The topological polar surface area (TPSA) is 22.0 Å². The number of aryl methyl sites for hydroxylation is 1. The van der Waals surface area contributed by atoms with Crippen molar-refractivity contribution in [3.05, 3.63) is 33.2 Å². The van der Waals surface area contributed by atoms with Gasteiger partial charge in [-0.2, -0.15) is 0 Å². The Morgan fingerprint density at radius 2 is 2.33 bits per heavy atom. The minimum Gasteiger partial charge on any atom is -0.313 e. The third-order valence-electron chi connectivity index (χ3n) is 1.44. The van der Waals surface area contributed by atoms with E-state index in [2.05, 4.69) is 21.9 Å². The summed E-state index contributed by atoms with van der Waals surface area (Å²) in [5, 5.41) is 0. The van der Waals surface area contributed by atoms with Gasteiger partial charge in [0.2, 0.25) is 0 Å². The summed E-state index contributed by atoms with van der Waals surface area (Å²) in [7, 11) is 0. The van der Waals surface area contributed by atoms with Crippen LogP contribution in [-0.2, 0) is 6.54 Å². The lowest BCUT2D eigenvalue weighted by molar-refractivity contribution is 0.687. The molecular weight excluding hydrogens is 218 g/mol. The monoisotopic (exact) mass is 225 g/mol. The van der Waals surface area contributed by atoms with Crippen LogP contribution in [0.5, 0.6) is 0 Å². The first-order chi connectivity index (χ1) is 5.74. The number of nitrogens with zero attached hydrogens (tertiary/aromatic N) is 1. The van der Waals surface area contributed by atoms with E-state index in [1.165, 1.54) is 6.07 Å². The highest BCUT2D eigenvalue weighted by Crippen LogP contribution is 2.04. The number of pyridine rings is 1.